The van der Waals surface area contributed by atoms with Crippen LogP contribution in [0.25, 0.3) is 5.57 Å². The largest absolute Gasteiger partial charge is 0.492 e. The lowest BCUT2D eigenvalue weighted by Gasteiger charge is -2.15. The number of ether oxygens (including phenoxy) is 1. The Hall–Kier alpha value is -2.48. The van der Waals surface area contributed by atoms with Crippen molar-refractivity contribution in [3.63, 3.8) is 0 Å². The predicted molar refractivity (Wildman–Crippen MR) is 126 cm³/mol. The molecule has 0 radical (unpaired) electrons. The molecule has 1 heterocycles. The number of aliphatic hydroxyl groups is 1. The van der Waals surface area contributed by atoms with Crippen LogP contribution in [-0.4, -0.2) is 54.2 Å². The van der Waals surface area contributed by atoms with Gasteiger partial charge in [0.1, 0.15) is 12.4 Å². The third-order valence-corrected chi connectivity index (χ3v) is 6.00. The van der Waals surface area contributed by atoms with Crippen LogP contribution in [-0.2, 0) is 11.2 Å². The Kier molecular flexibility index (Phi) is 8.82. The van der Waals surface area contributed by atoms with Crippen LogP contribution in [0, 0.1) is 5.92 Å². The number of allylic oxidation sites excluding steroid dienone is 4. The number of benzene rings is 1. The fraction of sp³-hybridized carbons (Fsp3) is 0.417. The SMILES string of the molecule is CCC1C=CC(c2csc(NC(=O)Cc3cccc(OCCN(C)CCO)c3)n2)=CC1. The molecule has 1 amide bonds. The zero-order valence-electron chi connectivity index (χ0n) is 18.2. The summed E-state index contributed by atoms with van der Waals surface area (Å²) >= 11 is 1.44. The molecule has 0 saturated heterocycles. The minimum absolute atomic E-state index is 0.0973. The molecule has 2 aromatic rings. The van der Waals surface area contributed by atoms with Gasteiger partial charge in [-0.05, 0) is 49.1 Å². The molecule has 0 aliphatic heterocycles. The number of thiazole rings is 1. The van der Waals surface area contributed by atoms with Crippen LogP contribution in [0.2, 0.25) is 0 Å². The first-order valence-electron chi connectivity index (χ1n) is 10.7. The Morgan fingerprint density at radius 2 is 2.26 bits per heavy atom. The maximum atomic E-state index is 12.5. The lowest BCUT2D eigenvalue weighted by Crippen LogP contribution is -2.27. The molecule has 1 aliphatic carbocycles. The molecule has 1 atom stereocenters. The molecule has 0 spiro atoms. The lowest BCUT2D eigenvalue weighted by atomic mass is 9.94. The number of carbonyl (C=O) groups excluding carboxylic acids is 1. The number of likely N-dealkylation sites (N-methyl/N-ethyl adjacent to an activating group) is 1. The second kappa shape index (κ2) is 11.8. The molecule has 7 heteroatoms. The molecule has 166 valence electrons. The van der Waals surface area contributed by atoms with Gasteiger partial charge in [-0.2, -0.15) is 0 Å². The highest BCUT2D eigenvalue weighted by molar-refractivity contribution is 7.14. The smallest absolute Gasteiger partial charge is 0.230 e. The summed E-state index contributed by atoms with van der Waals surface area (Å²) in [6.45, 7) is 4.20. The molecule has 0 saturated carbocycles. The summed E-state index contributed by atoms with van der Waals surface area (Å²) in [5, 5.41) is 14.4. The van der Waals surface area contributed by atoms with Crippen molar-refractivity contribution in [3.8, 4) is 5.75 Å². The van der Waals surface area contributed by atoms with E-state index in [4.69, 9.17) is 9.84 Å². The average Bonchev–Trinajstić information content (AvgIpc) is 3.22. The zero-order valence-corrected chi connectivity index (χ0v) is 19.0. The highest BCUT2D eigenvalue weighted by Crippen LogP contribution is 2.28. The lowest BCUT2D eigenvalue weighted by molar-refractivity contribution is -0.115. The van der Waals surface area contributed by atoms with E-state index in [0.29, 0.717) is 24.2 Å². The number of carbonyl (C=O) groups is 1. The Labute approximate surface area is 188 Å². The number of nitrogens with one attached hydrogen (secondary N) is 1. The molecule has 0 bridgehead atoms. The average molecular weight is 442 g/mol. The first-order valence-corrected chi connectivity index (χ1v) is 11.6. The van der Waals surface area contributed by atoms with Gasteiger partial charge >= 0.3 is 0 Å². The number of anilines is 1. The van der Waals surface area contributed by atoms with E-state index in [-0.39, 0.29) is 18.9 Å². The number of aliphatic hydroxyl groups excluding tert-OH is 1. The van der Waals surface area contributed by atoms with Crippen molar-refractivity contribution >= 4 is 27.9 Å². The second-order valence-corrected chi connectivity index (χ2v) is 8.57. The fourth-order valence-electron chi connectivity index (χ4n) is 3.32. The molecular formula is C24H31N3O3S. The summed E-state index contributed by atoms with van der Waals surface area (Å²) in [5.41, 5.74) is 2.92. The van der Waals surface area contributed by atoms with E-state index >= 15 is 0 Å². The molecular weight excluding hydrogens is 410 g/mol. The molecule has 6 nitrogen and oxygen atoms in total. The molecule has 31 heavy (non-hydrogen) atoms. The number of amides is 1. The topological polar surface area (TPSA) is 74.7 Å². The minimum atomic E-state index is -0.0973. The molecule has 1 aromatic carbocycles. The van der Waals surface area contributed by atoms with E-state index in [1.807, 2.05) is 41.6 Å². The predicted octanol–water partition coefficient (Wildman–Crippen LogP) is 4.00. The number of nitrogens with zero attached hydrogens (tertiary/aromatic N) is 2. The number of hydrogen-bond donors (Lipinski definition) is 2. The van der Waals surface area contributed by atoms with E-state index in [1.54, 1.807) is 0 Å². The number of rotatable bonds is 11. The standard InChI is InChI=1S/C24H31N3O3S/c1-3-18-7-9-20(10-8-18)22-17-31-24(25-22)26-23(29)16-19-5-4-6-21(15-19)30-14-12-27(2)11-13-28/h4-7,9-10,15,17-18,28H,3,8,11-14,16H2,1-2H3,(H,25,26,29). The van der Waals surface area contributed by atoms with Crippen LogP contribution < -0.4 is 10.1 Å². The molecule has 1 unspecified atom stereocenters. The van der Waals surface area contributed by atoms with Crippen LogP contribution in [0.3, 0.4) is 0 Å². The van der Waals surface area contributed by atoms with Crippen LogP contribution >= 0.6 is 11.3 Å². The third kappa shape index (κ3) is 7.31. The van der Waals surface area contributed by atoms with Crippen LogP contribution in [0.15, 0.2) is 47.9 Å². The normalized spacial score (nSPS) is 15.7. The molecule has 0 fully saturated rings. The first-order chi connectivity index (χ1) is 15.1. The molecule has 3 rings (SSSR count). The Bertz CT molecular complexity index is 922. The van der Waals surface area contributed by atoms with Gasteiger partial charge in [0, 0.05) is 18.5 Å². The summed E-state index contributed by atoms with van der Waals surface area (Å²) in [6.07, 6.45) is 9.04. The van der Waals surface area contributed by atoms with Gasteiger partial charge in [-0.15, -0.1) is 11.3 Å². The summed E-state index contributed by atoms with van der Waals surface area (Å²) in [6, 6.07) is 7.58. The highest BCUT2D eigenvalue weighted by atomic mass is 32.1. The van der Waals surface area contributed by atoms with Crippen LogP contribution in [0.5, 0.6) is 5.75 Å². The molecule has 1 aliphatic rings. The van der Waals surface area contributed by atoms with Crippen LogP contribution in [0.1, 0.15) is 31.0 Å². The van der Waals surface area contributed by atoms with Gasteiger partial charge < -0.3 is 20.1 Å². The van der Waals surface area contributed by atoms with Gasteiger partial charge in [0.05, 0.1) is 18.7 Å². The van der Waals surface area contributed by atoms with Gasteiger partial charge in [0.25, 0.3) is 0 Å². The second-order valence-electron chi connectivity index (χ2n) is 7.71. The highest BCUT2D eigenvalue weighted by Gasteiger charge is 2.13. The first kappa shape index (κ1) is 23.2. The quantitative estimate of drug-likeness (QED) is 0.551. The maximum absolute atomic E-state index is 12.5. The molecule has 1 aromatic heterocycles. The van der Waals surface area contributed by atoms with Crippen molar-refractivity contribution in [2.24, 2.45) is 5.92 Å². The Balaban J connectivity index is 1.49. The van der Waals surface area contributed by atoms with Gasteiger partial charge in [0.2, 0.25) is 5.91 Å². The van der Waals surface area contributed by atoms with Crippen molar-refractivity contribution in [3.05, 3.63) is 59.1 Å². The van der Waals surface area contributed by atoms with Gasteiger partial charge in [-0.1, -0.05) is 37.3 Å². The monoisotopic (exact) mass is 441 g/mol. The van der Waals surface area contributed by atoms with Crippen molar-refractivity contribution in [1.82, 2.24) is 9.88 Å². The molecule has 2 N–H and O–H groups in total. The van der Waals surface area contributed by atoms with E-state index in [2.05, 4.69) is 35.5 Å². The zero-order chi connectivity index (χ0) is 22.1. The Morgan fingerprint density at radius 3 is 3.00 bits per heavy atom. The van der Waals surface area contributed by atoms with Crippen molar-refractivity contribution < 1.29 is 14.6 Å². The summed E-state index contributed by atoms with van der Waals surface area (Å²) < 4.78 is 5.77. The minimum Gasteiger partial charge on any atom is -0.492 e. The maximum Gasteiger partial charge on any atom is 0.230 e. The summed E-state index contributed by atoms with van der Waals surface area (Å²) in [7, 11) is 1.94. The van der Waals surface area contributed by atoms with Crippen LogP contribution in [0.4, 0.5) is 5.13 Å². The van der Waals surface area contributed by atoms with E-state index in [9.17, 15) is 4.79 Å². The number of aromatic nitrogens is 1. The summed E-state index contributed by atoms with van der Waals surface area (Å²) in [5.74, 6) is 1.25. The van der Waals surface area contributed by atoms with E-state index in [1.165, 1.54) is 11.3 Å². The summed E-state index contributed by atoms with van der Waals surface area (Å²) in [4.78, 5) is 19.1. The Morgan fingerprint density at radius 1 is 1.39 bits per heavy atom. The van der Waals surface area contributed by atoms with Gasteiger partial charge in [-0.25, -0.2) is 4.98 Å². The third-order valence-electron chi connectivity index (χ3n) is 5.25. The van der Waals surface area contributed by atoms with Crippen molar-refractivity contribution in [2.75, 3.05) is 38.7 Å². The van der Waals surface area contributed by atoms with Gasteiger partial charge in [-0.3, -0.25) is 4.79 Å². The van der Waals surface area contributed by atoms with Crippen molar-refractivity contribution in [1.29, 1.82) is 0 Å². The number of hydrogen-bond acceptors (Lipinski definition) is 6. The van der Waals surface area contributed by atoms with Gasteiger partial charge in [0.15, 0.2) is 5.13 Å². The van der Waals surface area contributed by atoms with Crippen molar-refractivity contribution in [2.45, 2.75) is 26.2 Å². The van der Waals surface area contributed by atoms with E-state index in [0.717, 1.165) is 42.0 Å². The fourth-order valence-corrected chi connectivity index (χ4v) is 4.05. The van der Waals surface area contributed by atoms with E-state index < -0.39 is 0 Å².